The fourth-order valence-corrected chi connectivity index (χ4v) is 2.08. The first-order valence-corrected chi connectivity index (χ1v) is 7.56. The quantitative estimate of drug-likeness (QED) is 0.520. The summed E-state index contributed by atoms with van der Waals surface area (Å²) in [7, 11) is 0. The van der Waals surface area contributed by atoms with Gasteiger partial charge in [-0.15, -0.1) is 0 Å². The average Bonchev–Trinajstić information content (AvgIpc) is 2.30. The molecule has 2 atom stereocenters. The Hall–Kier alpha value is -0.0800. The average molecular weight is 243 g/mol. The number of hydrogen-bond donors (Lipinski definition) is 1. The van der Waals surface area contributed by atoms with Crippen molar-refractivity contribution in [3.05, 3.63) is 0 Å². The van der Waals surface area contributed by atoms with Crippen LogP contribution in [0.4, 0.5) is 0 Å². The van der Waals surface area contributed by atoms with E-state index >= 15 is 0 Å². The number of nitrogens with one attached hydrogen (secondary N) is 1. The molecule has 0 fully saturated rings. The smallest absolute Gasteiger partial charge is 0.0551 e. The first kappa shape index (κ1) is 16.9. The maximum absolute atomic E-state index is 5.98. The van der Waals surface area contributed by atoms with Gasteiger partial charge in [-0.25, -0.2) is 0 Å². The minimum atomic E-state index is 0.412. The molecule has 1 N–H and O–H groups in total. The lowest BCUT2D eigenvalue weighted by Gasteiger charge is -2.19. The van der Waals surface area contributed by atoms with Crippen LogP contribution in [0.1, 0.15) is 72.6 Å². The molecule has 0 aliphatic carbocycles. The van der Waals surface area contributed by atoms with Crippen LogP contribution < -0.4 is 5.32 Å². The number of unbranched alkanes of at least 4 members (excludes halogenated alkanes) is 3. The Morgan fingerprint density at radius 2 is 1.53 bits per heavy atom. The molecule has 2 nitrogen and oxygen atoms in total. The SMILES string of the molecule is CCCCCCC(C)OC(C)CCCNCC. The Balaban J connectivity index is 3.35. The highest BCUT2D eigenvalue weighted by Gasteiger charge is 2.07. The zero-order valence-corrected chi connectivity index (χ0v) is 12.4. The van der Waals surface area contributed by atoms with Gasteiger partial charge in [0.1, 0.15) is 0 Å². The van der Waals surface area contributed by atoms with Gasteiger partial charge in [-0.05, 0) is 46.2 Å². The molecule has 0 aromatic heterocycles. The molecule has 0 saturated heterocycles. The Labute approximate surface area is 109 Å². The summed E-state index contributed by atoms with van der Waals surface area (Å²) in [5.74, 6) is 0. The Kier molecular flexibility index (Phi) is 12.3. The van der Waals surface area contributed by atoms with Gasteiger partial charge in [0.25, 0.3) is 0 Å². The van der Waals surface area contributed by atoms with Crippen molar-refractivity contribution in [2.24, 2.45) is 0 Å². The minimum Gasteiger partial charge on any atom is -0.376 e. The topological polar surface area (TPSA) is 21.3 Å². The highest BCUT2D eigenvalue weighted by atomic mass is 16.5. The monoisotopic (exact) mass is 243 g/mol. The van der Waals surface area contributed by atoms with E-state index in [9.17, 15) is 0 Å². The fourth-order valence-electron chi connectivity index (χ4n) is 2.08. The molecular formula is C15H33NO. The van der Waals surface area contributed by atoms with Crippen molar-refractivity contribution in [2.75, 3.05) is 13.1 Å². The van der Waals surface area contributed by atoms with Crippen LogP contribution in [0.15, 0.2) is 0 Å². The highest BCUT2D eigenvalue weighted by Crippen LogP contribution is 2.11. The van der Waals surface area contributed by atoms with E-state index in [-0.39, 0.29) is 0 Å². The second-order valence-corrected chi connectivity index (χ2v) is 5.10. The van der Waals surface area contributed by atoms with Crippen molar-refractivity contribution in [1.82, 2.24) is 5.32 Å². The molecule has 0 rings (SSSR count). The zero-order chi connectivity index (χ0) is 12.9. The van der Waals surface area contributed by atoms with E-state index in [4.69, 9.17) is 4.74 Å². The van der Waals surface area contributed by atoms with Crippen LogP contribution in [0.25, 0.3) is 0 Å². The lowest BCUT2D eigenvalue weighted by Crippen LogP contribution is -2.20. The van der Waals surface area contributed by atoms with Crippen LogP contribution >= 0.6 is 0 Å². The summed E-state index contributed by atoms with van der Waals surface area (Å²) in [6, 6.07) is 0. The van der Waals surface area contributed by atoms with Gasteiger partial charge in [0.2, 0.25) is 0 Å². The summed E-state index contributed by atoms with van der Waals surface area (Å²) in [6.45, 7) is 11.0. The molecule has 0 amide bonds. The van der Waals surface area contributed by atoms with Gasteiger partial charge in [-0.2, -0.15) is 0 Å². The summed E-state index contributed by atoms with van der Waals surface area (Å²) < 4.78 is 5.98. The second kappa shape index (κ2) is 12.4. The van der Waals surface area contributed by atoms with Gasteiger partial charge in [0.05, 0.1) is 12.2 Å². The van der Waals surface area contributed by atoms with E-state index in [0.29, 0.717) is 12.2 Å². The molecule has 0 aromatic rings. The van der Waals surface area contributed by atoms with E-state index in [1.54, 1.807) is 0 Å². The van der Waals surface area contributed by atoms with E-state index in [1.165, 1.54) is 44.9 Å². The maximum atomic E-state index is 5.98. The number of hydrogen-bond acceptors (Lipinski definition) is 2. The lowest BCUT2D eigenvalue weighted by atomic mass is 10.1. The molecule has 0 bridgehead atoms. The standard InChI is InChI=1S/C15H33NO/c1-5-7-8-9-11-14(3)17-15(4)12-10-13-16-6-2/h14-16H,5-13H2,1-4H3. The lowest BCUT2D eigenvalue weighted by molar-refractivity contribution is -0.00193. The highest BCUT2D eigenvalue weighted by molar-refractivity contribution is 4.58. The number of rotatable bonds is 12. The molecule has 0 aliphatic heterocycles. The van der Waals surface area contributed by atoms with Gasteiger partial charge in [-0.1, -0.05) is 39.5 Å². The molecule has 104 valence electrons. The molecule has 0 aromatic carbocycles. The maximum Gasteiger partial charge on any atom is 0.0551 e. The minimum absolute atomic E-state index is 0.412. The summed E-state index contributed by atoms with van der Waals surface area (Å²) in [6.07, 6.45) is 9.82. The van der Waals surface area contributed by atoms with Crippen LogP contribution in [-0.4, -0.2) is 25.3 Å². The summed E-state index contributed by atoms with van der Waals surface area (Å²) in [5.41, 5.74) is 0. The van der Waals surface area contributed by atoms with Gasteiger partial charge in [-0.3, -0.25) is 0 Å². The third kappa shape index (κ3) is 12.2. The molecule has 0 radical (unpaired) electrons. The molecule has 2 heteroatoms. The van der Waals surface area contributed by atoms with E-state index in [1.807, 2.05) is 0 Å². The normalized spacial score (nSPS) is 14.8. The van der Waals surface area contributed by atoms with Crippen LogP contribution in [0, 0.1) is 0 Å². The molecule has 0 heterocycles. The van der Waals surface area contributed by atoms with Crippen molar-refractivity contribution in [3.63, 3.8) is 0 Å². The summed E-state index contributed by atoms with van der Waals surface area (Å²) in [5, 5.41) is 3.35. The Morgan fingerprint density at radius 3 is 2.12 bits per heavy atom. The van der Waals surface area contributed by atoms with Crippen LogP contribution in [0.5, 0.6) is 0 Å². The first-order valence-electron chi connectivity index (χ1n) is 7.56. The molecule has 0 aliphatic rings. The van der Waals surface area contributed by atoms with Gasteiger partial charge in [0, 0.05) is 0 Å². The summed E-state index contributed by atoms with van der Waals surface area (Å²) in [4.78, 5) is 0. The van der Waals surface area contributed by atoms with Crippen LogP contribution in [-0.2, 0) is 4.74 Å². The predicted octanol–water partition coefficient (Wildman–Crippen LogP) is 4.14. The molecule has 17 heavy (non-hydrogen) atoms. The van der Waals surface area contributed by atoms with Crippen molar-refractivity contribution in [1.29, 1.82) is 0 Å². The molecule has 0 spiro atoms. The van der Waals surface area contributed by atoms with Crippen molar-refractivity contribution in [2.45, 2.75) is 84.8 Å². The first-order chi connectivity index (χ1) is 8.20. The van der Waals surface area contributed by atoms with Gasteiger partial charge < -0.3 is 10.1 Å². The molecule has 0 saturated carbocycles. The predicted molar refractivity (Wildman–Crippen MR) is 76.5 cm³/mol. The van der Waals surface area contributed by atoms with Gasteiger partial charge in [0.15, 0.2) is 0 Å². The Bertz CT molecular complexity index is 134. The third-order valence-corrected chi connectivity index (χ3v) is 3.14. The second-order valence-electron chi connectivity index (χ2n) is 5.10. The summed E-state index contributed by atoms with van der Waals surface area (Å²) >= 11 is 0. The van der Waals surface area contributed by atoms with Crippen molar-refractivity contribution in [3.8, 4) is 0 Å². The van der Waals surface area contributed by atoms with Gasteiger partial charge >= 0.3 is 0 Å². The van der Waals surface area contributed by atoms with Crippen molar-refractivity contribution < 1.29 is 4.74 Å². The van der Waals surface area contributed by atoms with Crippen LogP contribution in [0.2, 0.25) is 0 Å². The van der Waals surface area contributed by atoms with Crippen molar-refractivity contribution >= 4 is 0 Å². The van der Waals surface area contributed by atoms with E-state index in [2.05, 4.69) is 33.0 Å². The third-order valence-electron chi connectivity index (χ3n) is 3.14. The molecular weight excluding hydrogens is 210 g/mol. The zero-order valence-electron chi connectivity index (χ0n) is 12.4. The number of ether oxygens (including phenoxy) is 1. The van der Waals surface area contributed by atoms with E-state index < -0.39 is 0 Å². The Morgan fingerprint density at radius 1 is 0.882 bits per heavy atom. The van der Waals surface area contributed by atoms with E-state index in [0.717, 1.165) is 13.1 Å². The molecule has 2 unspecified atom stereocenters. The van der Waals surface area contributed by atoms with Crippen LogP contribution in [0.3, 0.4) is 0 Å². The largest absolute Gasteiger partial charge is 0.376 e. The fraction of sp³-hybridized carbons (Fsp3) is 1.00.